The number of anilines is 1. The van der Waals surface area contributed by atoms with Crippen LogP contribution in [0.4, 0.5) is 5.82 Å². The smallest absolute Gasteiger partial charge is 0.146 e. The lowest BCUT2D eigenvalue weighted by molar-refractivity contribution is 0.815. The highest BCUT2D eigenvalue weighted by Crippen LogP contribution is 2.26. The first-order valence-corrected chi connectivity index (χ1v) is 5.81. The molecule has 0 radical (unpaired) electrons. The van der Waals surface area contributed by atoms with E-state index in [0.717, 1.165) is 23.7 Å². The minimum Gasteiger partial charge on any atom is -0.370 e. The third-order valence-corrected chi connectivity index (χ3v) is 2.53. The predicted octanol–water partition coefficient (Wildman–Crippen LogP) is 2.22. The molecule has 0 atom stereocenters. The van der Waals surface area contributed by atoms with Gasteiger partial charge in [0.05, 0.1) is 0 Å². The molecular weight excluding hydrogens is 214 g/mol. The van der Waals surface area contributed by atoms with Gasteiger partial charge in [-0.05, 0) is 12.8 Å². The fourth-order valence-corrected chi connectivity index (χ4v) is 1.82. The summed E-state index contributed by atoms with van der Waals surface area (Å²) in [4.78, 5) is 12.7. The zero-order valence-corrected chi connectivity index (χ0v) is 10.4. The molecule has 5 nitrogen and oxygen atoms in total. The molecule has 0 aromatic carbocycles. The second-order valence-electron chi connectivity index (χ2n) is 4.11. The largest absolute Gasteiger partial charge is 0.370 e. The Kier molecular flexibility index (Phi) is 3.37. The molecule has 2 rings (SSSR count). The van der Waals surface area contributed by atoms with Crippen LogP contribution < -0.4 is 5.32 Å². The van der Waals surface area contributed by atoms with Crippen molar-refractivity contribution < 1.29 is 0 Å². The van der Waals surface area contributed by atoms with Crippen LogP contribution >= 0.6 is 0 Å². The SMILES string of the molecule is CCNc1ncnc(-n2ccnc2)c1C(C)C. The Balaban J connectivity index is 2.55. The Morgan fingerprint density at radius 2 is 2.18 bits per heavy atom. The van der Waals surface area contributed by atoms with Gasteiger partial charge in [-0.25, -0.2) is 15.0 Å². The molecule has 90 valence electrons. The third-order valence-electron chi connectivity index (χ3n) is 2.53. The van der Waals surface area contributed by atoms with Gasteiger partial charge >= 0.3 is 0 Å². The van der Waals surface area contributed by atoms with Crippen molar-refractivity contribution >= 4 is 5.82 Å². The van der Waals surface area contributed by atoms with Crippen LogP contribution in [0.3, 0.4) is 0 Å². The van der Waals surface area contributed by atoms with Gasteiger partial charge in [-0.2, -0.15) is 0 Å². The molecule has 0 fully saturated rings. The maximum Gasteiger partial charge on any atom is 0.146 e. The van der Waals surface area contributed by atoms with Crippen molar-refractivity contribution in [1.29, 1.82) is 0 Å². The summed E-state index contributed by atoms with van der Waals surface area (Å²) < 4.78 is 1.91. The van der Waals surface area contributed by atoms with Crippen molar-refractivity contribution in [2.45, 2.75) is 26.7 Å². The fourth-order valence-electron chi connectivity index (χ4n) is 1.82. The standard InChI is InChI=1S/C12H17N5/c1-4-14-11-10(9(2)3)12(16-7-15-11)17-6-5-13-8-17/h5-9H,4H2,1-3H3,(H,14,15,16). The monoisotopic (exact) mass is 231 g/mol. The Hall–Kier alpha value is -1.91. The second-order valence-corrected chi connectivity index (χ2v) is 4.11. The van der Waals surface area contributed by atoms with Crippen molar-refractivity contribution in [2.75, 3.05) is 11.9 Å². The van der Waals surface area contributed by atoms with Gasteiger partial charge in [0.1, 0.15) is 24.3 Å². The molecule has 0 unspecified atom stereocenters. The maximum atomic E-state index is 4.36. The van der Waals surface area contributed by atoms with Crippen molar-refractivity contribution in [3.63, 3.8) is 0 Å². The van der Waals surface area contributed by atoms with Crippen LogP contribution in [0, 0.1) is 0 Å². The molecular formula is C12H17N5. The van der Waals surface area contributed by atoms with Gasteiger partial charge in [0.2, 0.25) is 0 Å². The van der Waals surface area contributed by atoms with Crippen LogP contribution in [-0.2, 0) is 0 Å². The van der Waals surface area contributed by atoms with Crippen LogP contribution in [-0.4, -0.2) is 26.1 Å². The van der Waals surface area contributed by atoms with E-state index in [0.29, 0.717) is 5.92 Å². The first-order valence-electron chi connectivity index (χ1n) is 5.81. The van der Waals surface area contributed by atoms with Gasteiger partial charge in [0.15, 0.2) is 0 Å². The normalized spacial score (nSPS) is 10.8. The molecule has 0 aliphatic carbocycles. The minimum absolute atomic E-state index is 0.350. The fraction of sp³-hybridized carbons (Fsp3) is 0.417. The van der Waals surface area contributed by atoms with E-state index in [1.54, 1.807) is 18.9 Å². The highest BCUT2D eigenvalue weighted by atomic mass is 15.1. The predicted molar refractivity (Wildman–Crippen MR) is 67.4 cm³/mol. The summed E-state index contributed by atoms with van der Waals surface area (Å²) in [5.41, 5.74) is 1.12. The van der Waals surface area contributed by atoms with Gasteiger partial charge in [0.25, 0.3) is 0 Å². The Labute approximate surface area is 101 Å². The van der Waals surface area contributed by atoms with Crippen LogP contribution in [0.1, 0.15) is 32.3 Å². The number of nitrogens with one attached hydrogen (secondary N) is 1. The van der Waals surface area contributed by atoms with E-state index in [-0.39, 0.29) is 0 Å². The van der Waals surface area contributed by atoms with Crippen molar-refractivity contribution in [2.24, 2.45) is 0 Å². The van der Waals surface area contributed by atoms with Crippen molar-refractivity contribution in [3.8, 4) is 5.82 Å². The number of rotatable bonds is 4. The van der Waals surface area contributed by atoms with Gasteiger partial charge in [-0.3, -0.25) is 4.57 Å². The topological polar surface area (TPSA) is 55.6 Å². The molecule has 5 heteroatoms. The first kappa shape index (κ1) is 11.6. The number of nitrogens with zero attached hydrogens (tertiary/aromatic N) is 4. The molecule has 0 amide bonds. The van der Waals surface area contributed by atoms with Gasteiger partial charge in [-0.1, -0.05) is 13.8 Å². The van der Waals surface area contributed by atoms with Gasteiger partial charge in [-0.15, -0.1) is 0 Å². The maximum absolute atomic E-state index is 4.36. The third kappa shape index (κ3) is 2.27. The van der Waals surface area contributed by atoms with Crippen LogP contribution in [0.25, 0.3) is 5.82 Å². The van der Waals surface area contributed by atoms with Crippen LogP contribution in [0.5, 0.6) is 0 Å². The molecule has 0 saturated carbocycles. The van der Waals surface area contributed by atoms with E-state index < -0.39 is 0 Å². The summed E-state index contributed by atoms with van der Waals surface area (Å²) in [6.45, 7) is 7.18. The Bertz CT molecular complexity index is 476. The Morgan fingerprint density at radius 3 is 2.76 bits per heavy atom. The molecule has 0 saturated heterocycles. The van der Waals surface area contributed by atoms with Crippen LogP contribution in [0.2, 0.25) is 0 Å². The van der Waals surface area contributed by atoms with Gasteiger partial charge in [0, 0.05) is 24.5 Å². The summed E-state index contributed by atoms with van der Waals surface area (Å²) in [5, 5.41) is 3.27. The van der Waals surface area contributed by atoms with Crippen molar-refractivity contribution in [3.05, 3.63) is 30.6 Å². The summed E-state index contributed by atoms with van der Waals surface area (Å²) in [6, 6.07) is 0. The summed E-state index contributed by atoms with van der Waals surface area (Å²) >= 11 is 0. The lowest BCUT2D eigenvalue weighted by atomic mass is 10.0. The summed E-state index contributed by atoms with van der Waals surface area (Å²) in [7, 11) is 0. The molecule has 1 N–H and O–H groups in total. The molecule has 17 heavy (non-hydrogen) atoms. The van der Waals surface area contributed by atoms with Gasteiger partial charge < -0.3 is 5.32 Å². The molecule has 2 aromatic heterocycles. The average Bonchev–Trinajstić information content (AvgIpc) is 2.82. The summed E-state index contributed by atoms with van der Waals surface area (Å²) in [5.74, 6) is 2.15. The van der Waals surface area contributed by atoms with E-state index in [9.17, 15) is 0 Å². The highest BCUT2D eigenvalue weighted by Gasteiger charge is 2.15. The lowest BCUT2D eigenvalue weighted by Gasteiger charge is -2.16. The van der Waals surface area contributed by atoms with E-state index >= 15 is 0 Å². The molecule has 2 aromatic rings. The van der Waals surface area contributed by atoms with E-state index in [2.05, 4.69) is 41.0 Å². The molecule has 2 heterocycles. The zero-order valence-electron chi connectivity index (χ0n) is 10.4. The highest BCUT2D eigenvalue weighted by molar-refractivity contribution is 5.53. The first-order chi connectivity index (χ1) is 8.24. The minimum atomic E-state index is 0.350. The molecule has 0 aliphatic rings. The van der Waals surface area contributed by atoms with E-state index in [1.165, 1.54) is 0 Å². The second kappa shape index (κ2) is 4.95. The zero-order chi connectivity index (χ0) is 12.3. The van der Waals surface area contributed by atoms with E-state index in [4.69, 9.17) is 0 Å². The average molecular weight is 231 g/mol. The lowest BCUT2D eigenvalue weighted by Crippen LogP contribution is -2.10. The van der Waals surface area contributed by atoms with Crippen molar-refractivity contribution in [1.82, 2.24) is 19.5 Å². The Morgan fingerprint density at radius 1 is 1.35 bits per heavy atom. The molecule has 0 spiro atoms. The summed E-state index contributed by atoms with van der Waals surface area (Å²) in [6.07, 6.45) is 6.98. The molecule has 0 bridgehead atoms. The number of hydrogen-bond acceptors (Lipinski definition) is 4. The van der Waals surface area contributed by atoms with Crippen LogP contribution in [0.15, 0.2) is 25.0 Å². The number of hydrogen-bond donors (Lipinski definition) is 1. The number of imidazole rings is 1. The quantitative estimate of drug-likeness (QED) is 0.876. The molecule has 0 aliphatic heterocycles. The number of aromatic nitrogens is 4. The van der Waals surface area contributed by atoms with E-state index in [1.807, 2.05) is 10.8 Å².